The third kappa shape index (κ3) is 4.47. The Morgan fingerprint density at radius 2 is 1.61 bits per heavy atom. The first-order chi connectivity index (χ1) is 13.7. The second kappa shape index (κ2) is 9.30. The molecule has 1 aliphatic rings. The molecule has 7 heteroatoms. The number of hydrogen-bond donors (Lipinski definition) is 1. The number of carbonyl (C=O) groups excluding carboxylic acids is 1. The molecular formula is C21H27N3O4. The van der Waals surface area contributed by atoms with E-state index in [4.69, 9.17) is 14.2 Å². The maximum atomic E-state index is 12.8. The number of amides is 1. The van der Waals surface area contributed by atoms with Gasteiger partial charge in [-0.25, -0.2) is 4.98 Å². The lowest BCUT2D eigenvalue weighted by molar-refractivity contribution is 0.102. The Kier molecular flexibility index (Phi) is 6.57. The van der Waals surface area contributed by atoms with Crippen molar-refractivity contribution in [3.63, 3.8) is 0 Å². The number of carbonyl (C=O) groups is 1. The molecule has 150 valence electrons. The zero-order chi connectivity index (χ0) is 19.9. The molecule has 7 nitrogen and oxygen atoms in total. The normalized spacial score (nSPS) is 14.2. The molecule has 1 N–H and O–H groups in total. The minimum Gasteiger partial charge on any atom is -0.493 e. The molecule has 0 unspecified atom stereocenters. The molecule has 0 aliphatic carbocycles. The van der Waals surface area contributed by atoms with E-state index in [2.05, 4.69) is 15.2 Å². The van der Waals surface area contributed by atoms with Gasteiger partial charge in [-0.3, -0.25) is 4.79 Å². The molecule has 1 saturated heterocycles. The Bertz CT molecular complexity index is 792. The molecule has 0 spiro atoms. The summed E-state index contributed by atoms with van der Waals surface area (Å²) in [4.78, 5) is 19.5. The minimum atomic E-state index is -0.215. The second-order valence-electron chi connectivity index (χ2n) is 6.67. The summed E-state index contributed by atoms with van der Waals surface area (Å²) in [6.45, 7) is 1.95. The zero-order valence-electron chi connectivity index (χ0n) is 16.7. The third-order valence-corrected chi connectivity index (χ3v) is 4.86. The Morgan fingerprint density at radius 1 is 0.964 bits per heavy atom. The van der Waals surface area contributed by atoms with Crippen molar-refractivity contribution >= 4 is 17.4 Å². The Hall–Kier alpha value is -2.96. The first kappa shape index (κ1) is 19.8. The van der Waals surface area contributed by atoms with Crippen molar-refractivity contribution in [2.45, 2.75) is 25.7 Å². The van der Waals surface area contributed by atoms with E-state index in [0.29, 0.717) is 28.5 Å². The van der Waals surface area contributed by atoms with Crippen molar-refractivity contribution in [1.82, 2.24) is 4.98 Å². The molecule has 1 aliphatic heterocycles. The van der Waals surface area contributed by atoms with Gasteiger partial charge in [0.15, 0.2) is 11.5 Å². The van der Waals surface area contributed by atoms with Gasteiger partial charge in [-0.2, -0.15) is 0 Å². The summed E-state index contributed by atoms with van der Waals surface area (Å²) in [7, 11) is 4.62. The van der Waals surface area contributed by atoms with Crippen molar-refractivity contribution in [2.75, 3.05) is 44.6 Å². The van der Waals surface area contributed by atoms with Crippen LogP contribution in [0, 0.1) is 0 Å². The lowest BCUT2D eigenvalue weighted by Crippen LogP contribution is -2.25. The van der Waals surface area contributed by atoms with E-state index in [-0.39, 0.29) is 5.91 Å². The quantitative estimate of drug-likeness (QED) is 0.817. The molecule has 0 atom stereocenters. The van der Waals surface area contributed by atoms with Crippen LogP contribution in [0.25, 0.3) is 0 Å². The predicted molar refractivity (Wildman–Crippen MR) is 109 cm³/mol. The molecule has 1 fully saturated rings. The van der Waals surface area contributed by atoms with Crippen LogP contribution in [-0.2, 0) is 0 Å². The van der Waals surface area contributed by atoms with E-state index >= 15 is 0 Å². The van der Waals surface area contributed by atoms with Gasteiger partial charge in [0.25, 0.3) is 5.91 Å². The molecule has 0 bridgehead atoms. The fourth-order valence-electron chi connectivity index (χ4n) is 3.39. The van der Waals surface area contributed by atoms with Crippen LogP contribution in [0.3, 0.4) is 0 Å². The highest BCUT2D eigenvalue weighted by molar-refractivity contribution is 6.05. The number of hydrogen-bond acceptors (Lipinski definition) is 6. The molecule has 2 aromatic rings. The summed E-state index contributed by atoms with van der Waals surface area (Å²) < 4.78 is 16.0. The highest BCUT2D eigenvalue weighted by atomic mass is 16.5. The lowest BCUT2D eigenvalue weighted by atomic mass is 10.2. The number of aromatic nitrogens is 1. The van der Waals surface area contributed by atoms with Gasteiger partial charge in [0.2, 0.25) is 5.75 Å². The molecule has 2 heterocycles. The van der Waals surface area contributed by atoms with Gasteiger partial charge in [-0.1, -0.05) is 12.8 Å². The topological polar surface area (TPSA) is 72.9 Å². The van der Waals surface area contributed by atoms with Crippen molar-refractivity contribution in [1.29, 1.82) is 0 Å². The van der Waals surface area contributed by atoms with Gasteiger partial charge < -0.3 is 24.4 Å². The van der Waals surface area contributed by atoms with Gasteiger partial charge in [-0.05, 0) is 25.0 Å². The van der Waals surface area contributed by atoms with Crippen LogP contribution in [0.4, 0.5) is 11.5 Å². The molecular weight excluding hydrogens is 358 g/mol. The monoisotopic (exact) mass is 385 g/mol. The minimum absolute atomic E-state index is 0.215. The Labute approximate surface area is 165 Å². The SMILES string of the molecule is COc1cc(NC(=O)c2ccnc(N3CCCCCC3)c2)cc(OC)c1OC. The van der Waals surface area contributed by atoms with Crippen LogP contribution in [0.2, 0.25) is 0 Å². The van der Waals surface area contributed by atoms with Crippen molar-refractivity contribution in [3.05, 3.63) is 36.0 Å². The molecule has 1 aromatic heterocycles. The van der Waals surface area contributed by atoms with Crippen LogP contribution in [0.1, 0.15) is 36.0 Å². The van der Waals surface area contributed by atoms with Crippen LogP contribution >= 0.6 is 0 Å². The van der Waals surface area contributed by atoms with E-state index < -0.39 is 0 Å². The number of nitrogens with zero attached hydrogens (tertiary/aromatic N) is 2. The van der Waals surface area contributed by atoms with Gasteiger partial charge >= 0.3 is 0 Å². The standard InChI is InChI=1S/C21H27N3O4/c1-26-17-13-16(14-18(27-2)20(17)28-3)23-21(25)15-8-9-22-19(12-15)24-10-6-4-5-7-11-24/h8-9,12-14H,4-7,10-11H2,1-3H3,(H,23,25). The predicted octanol–water partition coefficient (Wildman–Crippen LogP) is 3.74. The number of pyridine rings is 1. The smallest absolute Gasteiger partial charge is 0.255 e. The molecule has 0 radical (unpaired) electrons. The van der Waals surface area contributed by atoms with E-state index in [0.717, 1.165) is 31.7 Å². The fraction of sp³-hybridized carbons (Fsp3) is 0.429. The Balaban J connectivity index is 1.80. The van der Waals surface area contributed by atoms with Gasteiger partial charge in [0.05, 0.1) is 21.3 Å². The van der Waals surface area contributed by atoms with E-state index in [1.165, 1.54) is 12.8 Å². The highest BCUT2D eigenvalue weighted by Gasteiger charge is 2.17. The third-order valence-electron chi connectivity index (χ3n) is 4.86. The zero-order valence-corrected chi connectivity index (χ0v) is 16.7. The highest BCUT2D eigenvalue weighted by Crippen LogP contribution is 2.40. The molecule has 0 saturated carbocycles. The molecule has 3 rings (SSSR count). The van der Waals surface area contributed by atoms with E-state index in [1.54, 1.807) is 45.7 Å². The number of rotatable bonds is 6. The van der Waals surface area contributed by atoms with Crippen molar-refractivity contribution < 1.29 is 19.0 Å². The molecule has 1 aromatic carbocycles. The summed E-state index contributed by atoms with van der Waals surface area (Å²) >= 11 is 0. The summed E-state index contributed by atoms with van der Waals surface area (Å²) in [5, 5.41) is 2.90. The van der Waals surface area contributed by atoms with Gasteiger partial charge in [-0.15, -0.1) is 0 Å². The van der Waals surface area contributed by atoms with E-state index in [9.17, 15) is 4.79 Å². The molecule has 1 amide bonds. The first-order valence-electron chi connectivity index (χ1n) is 9.48. The maximum absolute atomic E-state index is 12.8. The largest absolute Gasteiger partial charge is 0.493 e. The Morgan fingerprint density at radius 3 is 2.18 bits per heavy atom. The average molecular weight is 385 g/mol. The van der Waals surface area contributed by atoms with Crippen molar-refractivity contribution in [3.8, 4) is 17.2 Å². The number of anilines is 2. The van der Waals surface area contributed by atoms with Gasteiger partial charge in [0.1, 0.15) is 5.82 Å². The van der Waals surface area contributed by atoms with E-state index in [1.807, 2.05) is 6.07 Å². The fourth-order valence-corrected chi connectivity index (χ4v) is 3.39. The summed E-state index contributed by atoms with van der Waals surface area (Å²) in [5.41, 5.74) is 1.12. The van der Waals surface area contributed by atoms with Gasteiger partial charge in [0, 0.05) is 42.7 Å². The van der Waals surface area contributed by atoms with Crippen LogP contribution in [0.15, 0.2) is 30.5 Å². The summed E-state index contributed by atoms with van der Waals surface area (Å²) in [5.74, 6) is 2.08. The second-order valence-corrected chi connectivity index (χ2v) is 6.67. The number of benzene rings is 1. The number of ether oxygens (including phenoxy) is 3. The first-order valence-corrected chi connectivity index (χ1v) is 9.48. The number of nitrogens with one attached hydrogen (secondary N) is 1. The molecule has 28 heavy (non-hydrogen) atoms. The average Bonchev–Trinajstić information content (AvgIpc) is 3.02. The van der Waals surface area contributed by atoms with Crippen LogP contribution in [0.5, 0.6) is 17.2 Å². The summed E-state index contributed by atoms with van der Waals surface area (Å²) in [6.07, 6.45) is 6.49. The van der Waals surface area contributed by atoms with Crippen LogP contribution in [-0.4, -0.2) is 45.3 Å². The maximum Gasteiger partial charge on any atom is 0.255 e. The lowest BCUT2D eigenvalue weighted by Gasteiger charge is -2.21. The van der Waals surface area contributed by atoms with Crippen LogP contribution < -0.4 is 24.4 Å². The number of methoxy groups -OCH3 is 3. The van der Waals surface area contributed by atoms with Crippen molar-refractivity contribution in [2.24, 2.45) is 0 Å². The summed E-state index contributed by atoms with van der Waals surface area (Å²) in [6, 6.07) is 6.97.